The van der Waals surface area contributed by atoms with Gasteiger partial charge < -0.3 is 5.32 Å². The van der Waals surface area contributed by atoms with E-state index in [0.29, 0.717) is 17.1 Å². The van der Waals surface area contributed by atoms with Crippen LogP contribution in [0.2, 0.25) is 0 Å². The number of hydrogen-bond donors (Lipinski definition) is 1. The molecule has 0 saturated heterocycles. The van der Waals surface area contributed by atoms with Gasteiger partial charge in [-0.3, -0.25) is 4.79 Å². The molecule has 3 rings (SSSR count). The van der Waals surface area contributed by atoms with Crippen molar-refractivity contribution in [3.8, 4) is 16.8 Å². The molecule has 0 bridgehead atoms. The van der Waals surface area contributed by atoms with Crippen molar-refractivity contribution in [2.45, 2.75) is 13.3 Å². The van der Waals surface area contributed by atoms with Gasteiger partial charge in [0.2, 0.25) is 17.1 Å². The van der Waals surface area contributed by atoms with E-state index in [2.05, 4.69) is 21.2 Å². The molecule has 128 valence electrons. The number of para-hydroxylation sites is 1. The molecule has 0 aliphatic heterocycles. The molecular weight excluding hydrogens is 410 g/mol. The Balaban J connectivity index is 2.24. The average Bonchev–Trinajstić information content (AvgIpc) is 2.92. The van der Waals surface area contributed by atoms with Gasteiger partial charge in [-0.05, 0) is 35.1 Å². The number of aryl methyl sites for hydroxylation is 1. The molecule has 0 fully saturated rings. The highest BCUT2D eigenvalue weighted by Gasteiger charge is 2.34. The predicted octanol–water partition coefficient (Wildman–Crippen LogP) is 5.27. The summed E-state index contributed by atoms with van der Waals surface area (Å²) in [6, 6.07) is 15.0. The highest BCUT2D eigenvalue weighted by Crippen LogP contribution is 2.34. The van der Waals surface area contributed by atoms with Crippen LogP contribution in [0.15, 0.2) is 53.0 Å². The zero-order valence-corrected chi connectivity index (χ0v) is 15.6. The van der Waals surface area contributed by atoms with E-state index in [9.17, 15) is 13.6 Å². The Labute approximate surface area is 156 Å². The summed E-state index contributed by atoms with van der Waals surface area (Å²) in [7, 11) is 0. The SMILES string of the molecule is Cc1sc(NC=O)c(C(F)F)[n+]1-c1ccccc1-c1ccc(Br)cc1. The number of anilines is 1. The monoisotopic (exact) mass is 423 g/mol. The molecule has 7 heteroatoms. The number of nitrogens with one attached hydrogen (secondary N) is 1. The van der Waals surface area contributed by atoms with E-state index in [1.54, 1.807) is 13.0 Å². The smallest absolute Gasteiger partial charge is 0.315 e. The summed E-state index contributed by atoms with van der Waals surface area (Å²) in [4.78, 5) is 10.8. The van der Waals surface area contributed by atoms with Gasteiger partial charge >= 0.3 is 6.43 Å². The maximum absolute atomic E-state index is 13.7. The molecule has 0 spiro atoms. The van der Waals surface area contributed by atoms with Crippen LogP contribution < -0.4 is 9.88 Å². The Kier molecular flexibility index (Phi) is 5.24. The van der Waals surface area contributed by atoms with Gasteiger partial charge in [-0.25, -0.2) is 0 Å². The molecule has 0 aliphatic rings. The van der Waals surface area contributed by atoms with Crippen molar-refractivity contribution in [1.82, 2.24) is 0 Å². The third kappa shape index (κ3) is 3.48. The molecule has 0 unspecified atom stereocenters. The van der Waals surface area contributed by atoms with E-state index in [-0.39, 0.29) is 10.7 Å². The van der Waals surface area contributed by atoms with Crippen LogP contribution in [0.1, 0.15) is 17.1 Å². The van der Waals surface area contributed by atoms with Gasteiger partial charge in [-0.2, -0.15) is 8.78 Å². The molecule has 1 heterocycles. The molecule has 0 saturated carbocycles. The van der Waals surface area contributed by atoms with Crippen molar-refractivity contribution in [2.24, 2.45) is 0 Å². The molecular formula is C18H14BrF2N2OS+. The third-order valence-corrected chi connectivity index (χ3v) is 5.27. The minimum absolute atomic E-state index is 0.160. The first kappa shape index (κ1) is 17.7. The molecule has 1 amide bonds. The highest BCUT2D eigenvalue weighted by atomic mass is 79.9. The average molecular weight is 424 g/mol. The van der Waals surface area contributed by atoms with Crippen molar-refractivity contribution in [1.29, 1.82) is 0 Å². The molecule has 2 aromatic carbocycles. The second-order valence-corrected chi connectivity index (χ2v) is 7.38. The summed E-state index contributed by atoms with van der Waals surface area (Å²) in [6.07, 6.45) is -2.30. The maximum Gasteiger partial charge on any atom is 0.324 e. The molecule has 3 nitrogen and oxygen atoms in total. The lowest BCUT2D eigenvalue weighted by atomic mass is 10.0. The topological polar surface area (TPSA) is 33.0 Å². The first-order chi connectivity index (χ1) is 12.0. The van der Waals surface area contributed by atoms with Crippen molar-refractivity contribution < 1.29 is 18.1 Å². The van der Waals surface area contributed by atoms with Gasteiger partial charge in [0.05, 0.1) is 5.56 Å². The fourth-order valence-electron chi connectivity index (χ4n) is 2.71. The predicted molar refractivity (Wildman–Crippen MR) is 98.4 cm³/mol. The minimum atomic E-state index is -2.72. The van der Waals surface area contributed by atoms with E-state index in [0.717, 1.165) is 26.9 Å². The number of amides is 1. The van der Waals surface area contributed by atoms with Gasteiger partial charge in [0.25, 0.3) is 5.69 Å². The quantitative estimate of drug-likeness (QED) is 0.440. The molecule has 0 aliphatic carbocycles. The van der Waals surface area contributed by atoms with Gasteiger partial charge in [0.15, 0.2) is 5.00 Å². The van der Waals surface area contributed by atoms with Crippen LogP contribution in [0.4, 0.5) is 13.8 Å². The summed E-state index contributed by atoms with van der Waals surface area (Å²) in [6.45, 7) is 1.75. The van der Waals surface area contributed by atoms with E-state index in [1.165, 1.54) is 4.57 Å². The van der Waals surface area contributed by atoms with E-state index < -0.39 is 6.43 Å². The molecule has 1 N–H and O–H groups in total. The molecule has 0 radical (unpaired) electrons. The number of halogens is 3. The van der Waals surface area contributed by atoms with Crippen molar-refractivity contribution in [3.05, 3.63) is 63.7 Å². The fraction of sp³-hybridized carbons (Fsp3) is 0.111. The fourth-order valence-corrected chi connectivity index (χ4v) is 3.95. The first-order valence-electron chi connectivity index (χ1n) is 7.42. The normalized spacial score (nSPS) is 10.9. The largest absolute Gasteiger partial charge is 0.324 e. The zero-order chi connectivity index (χ0) is 18.0. The van der Waals surface area contributed by atoms with E-state index in [4.69, 9.17) is 0 Å². The maximum atomic E-state index is 13.7. The van der Waals surface area contributed by atoms with Crippen LogP contribution in [0.5, 0.6) is 0 Å². The number of hydrogen-bond acceptors (Lipinski definition) is 2. The molecule has 25 heavy (non-hydrogen) atoms. The summed E-state index contributed by atoms with van der Waals surface area (Å²) in [5.41, 5.74) is 2.19. The third-order valence-electron chi connectivity index (χ3n) is 3.74. The second kappa shape index (κ2) is 7.41. The highest BCUT2D eigenvalue weighted by molar-refractivity contribution is 9.10. The number of alkyl halides is 2. The second-order valence-electron chi connectivity index (χ2n) is 5.26. The Morgan fingerprint density at radius 3 is 2.48 bits per heavy atom. The minimum Gasteiger partial charge on any atom is -0.315 e. The summed E-state index contributed by atoms with van der Waals surface area (Å²) in [5, 5.41) is 3.20. The molecule has 3 aromatic rings. The molecule has 0 atom stereocenters. The van der Waals surface area contributed by atoms with Gasteiger partial charge in [-0.15, -0.1) is 4.57 Å². The Hall–Kier alpha value is -2.12. The van der Waals surface area contributed by atoms with E-state index in [1.807, 2.05) is 42.5 Å². The van der Waals surface area contributed by atoms with Crippen LogP contribution >= 0.6 is 27.3 Å². The van der Waals surface area contributed by atoms with Crippen LogP contribution in [0.25, 0.3) is 16.8 Å². The van der Waals surface area contributed by atoms with Crippen molar-refractivity contribution in [2.75, 3.05) is 5.32 Å². The standard InChI is InChI=1S/C18H13BrF2N2OS/c1-11-23(16(17(20)21)18(25-11)22-10-24)15-5-3-2-4-14(15)12-6-8-13(19)9-7-12/h2-10,17H,1H3/p+1. The summed E-state index contributed by atoms with van der Waals surface area (Å²) >= 11 is 4.53. The zero-order valence-electron chi connectivity index (χ0n) is 13.2. The lowest BCUT2D eigenvalue weighted by molar-refractivity contribution is -0.609. The lowest BCUT2D eigenvalue weighted by Gasteiger charge is -2.07. The van der Waals surface area contributed by atoms with Gasteiger partial charge in [0.1, 0.15) is 0 Å². The number of carbonyl (C=O) groups is 1. The number of thiazole rings is 1. The van der Waals surface area contributed by atoms with Crippen LogP contribution in [0, 0.1) is 6.92 Å². The number of rotatable bonds is 5. The first-order valence-corrected chi connectivity index (χ1v) is 9.03. The number of nitrogens with zero attached hydrogens (tertiary/aromatic N) is 1. The van der Waals surface area contributed by atoms with Gasteiger partial charge in [-0.1, -0.05) is 40.2 Å². The van der Waals surface area contributed by atoms with Crippen LogP contribution in [0.3, 0.4) is 0 Å². The van der Waals surface area contributed by atoms with Crippen LogP contribution in [-0.4, -0.2) is 6.41 Å². The van der Waals surface area contributed by atoms with Crippen molar-refractivity contribution >= 4 is 38.7 Å². The number of aromatic nitrogens is 1. The summed E-state index contributed by atoms with van der Waals surface area (Å²) < 4.78 is 29.9. The Morgan fingerprint density at radius 1 is 1.16 bits per heavy atom. The summed E-state index contributed by atoms with van der Waals surface area (Å²) in [5.74, 6) is 0. The number of benzene rings is 2. The van der Waals surface area contributed by atoms with Crippen molar-refractivity contribution in [3.63, 3.8) is 0 Å². The van der Waals surface area contributed by atoms with Gasteiger partial charge in [0, 0.05) is 17.5 Å². The Morgan fingerprint density at radius 2 is 1.84 bits per heavy atom. The number of carbonyl (C=O) groups excluding carboxylic acids is 1. The molecule has 1 aromatic heterocycles. The Bertz CT molecular complexity index is 910. The van der Waals surface area contributed by atoms with Crippen LogP contribution in [-0.2, 0) is 4.79 Å². The van der Waals surface area contributed by atoms with E-state index >= 15 is 0 Å². The lowest BCUT2D eigenvalue weighted by Crippen LogP contribution is -2.37.